The Labute approximate surface area is 275 Å². The number of fused-ring (bicyclic) bond motifs is 1. The van der Waals surface area contributed by atoms with E-state index in [9.17, 15) is 18.8 Å². The first-order valence-electron chi connectivity index (χ1n) is 16.0. The van der Waals surface area contributed by atoms with E-state index >= 15 is 0 Å². The highest BCUT2D eigenvalue weighted by atomic mass is 19.1. The van der Waals surface area contributed by atoms with Gasteiger partial charge in [-0.05, 0) is 80.9 Å². The lowest BCUT2D eigenvalue weighted by Gasteiger charge is -2.39. The van der Waals surface area contributed by atoms with Crippen molar-refractivity contribution in [2.45, 2.75) is 31.8 Å². The van der Waals surface area contributed by atoms with Gasteiger partial charge in [-0.3, -0.25) is 14.5 Å². The molecule has 13 nitrogen and oxygen atoms in total. The van der Waals surface area contributed by atoms with E-state index in [1.807, 2.05) is 29.0 Å². The summed E-state index contributed by atoms with van der Waals surface area (Å²) in [7, 11) is 0. The third-order valence-electron chi connectivity index (χ3n) is 8.82. The van der Waals surface area contributed by atoms with Crippen LogP contribution in [0.5, 0.6) is 0 Å². The number of carbonyl (C=O) groups excluding carboxylic acids is 2. The quantitative estimate of drug-likeness (QED) is 0.274. The van der Waals surface area contributed by atoms with Crippen LogP contribution in [0.25, 0.3) is 16.6 Å². The van der Waals surface area contributed by atoms with Gasteiger partial charge in [-0.2, -0.15) is 15.0 Å². The lowest BCUT2D eigenvalue weighted by molar-refractivity contribution is -0.133. The van der Waals surface area contributed by atoms with E-state index in [4.69, 9.17) is 4.98 Å². The van der Waals surface area contributed by atoms with E-state index in [0.717, 1.165) is 19.4 Å². The molecular weight excluding hydrogens is 615 g/mol. The minimum absolute atomic E-state index is 0.0833. The first-order valence-corrected chi connectivity index (χ1v) is 16.0. The highest BCUT2D eigenvalue weighted by Gasteiger charge is 2.33. The molecule has 2 atom stereocenters. The molecule has 2 saturated heterocycles. The predicted octanol–water partition coefficient (Wildman–Crippen LogP) is 3.45. The van der Waals surface area contributed by atoms with Crippen LogP contribution in [0, 0.1) is 5.82 Å². The zero-order valence-electron chi connectivity index (χ0n) is 26.4. The van der Waals surface area contributed by atoms with Crippen molar-refractivity contribution in [1.82, 2.24) is 34.9 Å². The molecule has 0 radical (unpaired) electrons. The number of anilines is 2. The van der Waals surface area contributed by atoms with E-state index in [1.165, 1.54) is 34.0 Å². The summed E-state index contributed by atoms with van der Waals surface area (Å²) >= 11 is 0. The number of para-hydroxylation sites is 1. The van der Waals surface area contributed by atoms with Crippen LogP contribution >= 0.6 is 0 Å². The van der Waals surface area contributed by atoms with Crippen LogP contribution in [0.1, 0.15) is 31.6 Å². The van der Waals surface area contributed by atoms with Crippen LogP contribution in [0.15, 0.2) is 90.0 Å². The van der Waals surface area contributed by atoms with Crippen LogP contribution in [0.2, 0.25) is 0 Å². The number of piperazine rings is 1. The zero-order chi connectivity index (χ0) is 33.2. The lowest BCUT2D eigenvalue weighted by Crippen LogP contribution is -2.58. The smallest absolute Gasteiger partial charge is 0.326 e. The summed E-state index contributed by atoms with van der Waals surface area (Å²) in [5, 5.41) is 17.0. The summed E-state index contributed by atoms with van der Waals surface area (Å²) in [4.78, 5) is 51.4. The molecule has 48 heavy (non-hydrogen) atoms. The van der Waals surface area contributed by atoms with E-state index in [1.54, 1.807) is 53.5 Å². The molecule has 3 amide bonds. The van der Waals surface area contributed by atoms with Crippen molar-refractivity contribution in [1.29, 1.82) is 0 Å². The number of urea groups is 1. The van der Waals surface area contributed by atoms with Crippen LogP contribution in [0.4, 0.5) is 20.6 Å². The third-order valence-corrected chi connectivity index (χ3v) is 8.82. The van der Waals surface area contributed by atoms with Gasteiger partial charge in [0.1, 0.15) is 5.82 Å². The summed E-state index contributed by atoms with van der Waals surface area (Å²) in [6, 6.07) is 18.3. The molecule has 5 aromatic rings. The standard InChI is InChI=1S/C34H35FN10O3/c1-23(43(34(48)39-25-13-11-24(35)12-14-25)26-6-4-7-27(22-26)45-37-16-17-38-45)31-40-29-9-3-2-8-28(29)32(46)44(31)42-20-18-41(19-21-42)33(47)30-10-5-15-36-30/h2-4,6-9,11-14,16-17,22-23,30,36H,5,10,15,18-21H2,1H3,(H,39,48)/t23?,30-/m0/s1. The summed E-state index contributed by atoms with van der Waals surface area (Å²) in [6.45, 7) is 4.33. The van der Waals surface area contributed by atoms with Crippen molar-refractivity contribution in [3.8, 4) is 5.69 Å². The summed E-state index contributed by atoms with van der Waals surface area (Å²) in [6.07, 6.45) is 4.91. The van der Waals surface area contributed by atoms with Crippen molar-refractivity contribution in [3.05, 3.63) is 107 Å². The summed E-state index contributed by atoms with van der Waals surface area (Å²) in [5.41, 5.74) is 1.73. The Morgan fingerprint density at radius 1 is 0.979 bits per heavy atom. The molecule has 2 N–H and O–H groups in total. The SMILES string of the molecule is CC(c1nc2ccccc2c(=O)n1N1CCN(C(=O)[C@@H]2CCCN2)CC1)N(C(=O)Nc1ccc(F)cc1)c1cccc(-n2nccn2)c1. The maximum Gasteiger partial charge on any atom is 0.326 e. The predicted molar refractivity (Wildman–Crippen MR) is 179 cm³/mol. The van der Waals surface area contributed by atoms with Crippen molar-refractivity contribution in [2.75, 3.05) is 47.9 Å². The van der Waals surface area contributed by atoms with Crippen molar-refractivity contribution < 1.29 is 14.0 Å². The van der Waals surface area contributed by atoms with E-state index in [-0.39, 0.29) is 17.5 Å². The number of amides is 3. The minimum atomic E-state index is -0.786. The minimum Gasteiger partial charge on any atom is -0.338 e. The molecule has 0 saturated carbocycles. The Hall–Kier alpha value is -5.63. The van der Waals surface area contributed by atoms with Crippen LogP contribution in [-0.4, -0.2) is 80.3 Å². The van der Waals surface area contributed by atoms with E-state index in [0.29, 0.717) is 60.0 Å². The second-order valence-electron chi connectivity index (χ2n) is 11.9. The normalized spacial score (nSPS) is 17.0. The fourth-order valence-corrected chi connectivity index (χ4v) is 6.38. The molecule has 0 spiro atoms. The average Bonchev–Trinajstić information content (AvgIpc) is 3.85. The second-order valence-corrected chi connectivity index (χ2v) is 11.9. The number of nitrogens with one attached hydrogen (secondary N) is 2. The Kier molecular flexibility index (Phi) is 8.55. The highest BCUT2D eigenvalue weighted by molar-refractivity contribution is 6.02. The van der Waals surface area contributed by atoms with E-state index in [2.05, 4.69) is 20.8 Å². The van der Waals surface area contributed by atoms with Gasteiger partial charge in [0.25, 0.3) is 5.56 Å². The van der Waals surface area contributed by atoms with Gasteiger partial charge in [-0.1, -0.05) is 18.2 Å². The van der Waals surface area contributed by atoms with Crippen molar-refractivity contribution in [3.63, 3.8) is 0 Å². The molecule has 2 aromatic heterocycles. The van der Waals surface area contributed by atoms with Crippen LogP contribution < -0.4 is 26.1 Å². The van der Waals surface area contributed by atoms with Gasteiger partial charge in [-0.15, -0.1) is 0 Å². The molecule has 0 bridgehead atoms. The number of hydrogen-bond acceptors (Lipinski definition) is 8. The molecule has 246 valence electrons. The summed E-state index contributed by atoms with van der Waals surface area (Å²) in [5.74, 6) is -0.00365. The number of halogens is 1. The fourth-order valence-electron chi connectivity index (χ4n) is 6.38. The molecule has 14 heteroatoms. The number of rotatable bonds is 7. The molecule has 1 unspecified atom stereocenters. The molecule has 3 aromatic carbocycles. The van der Waals surface area contributed by atoms with Gasteiger partial charge in [0.15, 0.2) is 5.82 Å². The van der Waals surface area contributed by atoms with Crippen molar-refractivity contribution in [2.24, 2.45) is 0 Å². The first-order chi connectivity index (χ1) is 23.4. The summed E-state index contributed by atoms with van der Waals surface area (Å²) < 4.78 is 15.3. The Morgan fingerprint density at radius 3 is 2.46 bits per heavy atom. The van der Waals surface area contributed by atoms with E-state index < -0.39 is 17.9 Å². The maximum atomic E-state index is 14.3. The Bertz CT molecular complexity index is 1990. The number of hydrogen-bond donors (Lipinski definition) is 2. The monoisotopic (exact) mass is 650 g/mol. The molecule has 7 rings (SSSR count). The number of nitrogens with zero attached hydrogens (tertiary/aromatic N) is 8. The molecule has 0 aliphatic carbocycles. The number of aromatic nitrogens is 5. The second kappa shape index (κ2) is 13.2. The van der Waals surface area contributed by atoms with Crippen LogP contribution in [-0.2, 0) is 4.79 Å². The topological polar surface area (TPSA) is 134 Å². The number of carbonyl (C=O) groups is 2. The Morgan fingerprint density at radius 2 is 1.73 bits per heavy atom. The third kappa shape index (κ3) is 6.09. The number of benzene rings is 3. The maximum absolute atomic E-state index is 14.3. The largest absolute Gasteiger partial charge is 0.338 e. The van der Waals surface area contributed by atoms with Crippen molar-refractivity contribution >= 4 is 34.2 Å². The van der Waals surface area contributed by atoms with Crippen LogP contribution in [0.3, 0.4) is 0 Å². The zero-order valence-corrected chi connectivity index (χ0v) is 26.4. The van der Waals surface area contributed by atoms with Gasteiger partial charge in [-0.25, -0.2) is 18.8 Å². The fraction of sp³-hybridized carbons (Fsp3) is 0.294. The molecule has 2 aliphatic heterocycles. The first kappa shape index (κ1) is 31.0. The van der Waals surface area contributed by atoms with Gasteiger partial charge >= 0.3 is 6.03 Å². The lowest BCUT2D eigenvalue weighted by atomic mass is 10.1. The molecule has 4 heterocycles. The molecule has 2 fully saturated rings. The van der Waals surface area contributed by atoms with Gasteiger partial charge in [0.2, 0.25) is 5.91 Å². The van der Waals surface area contributed by atoms with Gasteiger partial charge < -0.3 is 20.5 Å². The molecular formula is C34H35FN10O3. The van der Waals surface area contributed by atoms with Gasteiger partial charge in [0.05, 0.1) is 54.2 Å². The van der Waals surface area contributed by atoms with Gasteiger partial charge in [0, 0.05) is 24.5 Å². The average molecular weight is 651 g/mol. The molecule has 2 aliphatic rings. The Balaban J connectivity index is 1.28. The highest BCUT2D eigenvalue weighted by Crippen LogP contribution is 2.30.